The Morgan fingerprint density at radius 1 is 1.24 bits per heavy atom. The van der Waals surface area contributed by atoms with Crippen LogP contribution >= 0.6 is 27.5 Å². The van der Waals surface area contributed by atoms with Crippen LogP contribution in [0.2, 0.25) is 5.02 Å². The molecule has 2 amide bonds. The third-order valence-corrected chi connectivity index (χ3v) is 5.87. The minimum absolute atomic E-state index is 0.00869. The molecule has 0 aromatic heterocycles. The van der Waals surface area contributed by atoms with E-state index in [2.05, 4.69) is 26.3 Å². The molecule has 1 N–H and O–H groups in total. The van der Waals surface area contributed by atoms with Gasteiger partial charge in [0.2, 0.25) is 0 Å². The molecule has 0 radical (unpaired) electrons. The van der Waals surface area contributed by atoms with E-state index in [0.717, 1.165) is 27.7 Å². The number of carbonyl (C=O) groups excluding carboxylic acids is 2. The molecule has 0 spiro atoms. The lowest BCUT2D eigenvalue weighted by atomic mass is 9.80. The number of amides is 2. The number of hydrogen-bond donors (Lipinski definition) is 1. The first-order chi connectivity index (χ1) is 16.0. The molecule has 1 aliphatic heterocycles. The Balaban J connectivity index is 2.04. The normalized spacial score (nSPS) is 18.0. The van der Waals surface area contributed by atoms with Gasteiger partial charge in [0.25, 0.3) is 0 Å². The fourth-order valence-electron chi connectivity index (χ4n) is 3.50. The Morgan fingerprint density at radius 2 is 1.91 bits per heavy atom. The van der Waals surface area contributed by atoms with E-state index >= 15 is 0 Å². The van der Waals surface area contributed by atoms with Crippen molar-refractivity contribution in [3.05, 3.63) is 63.1 Å². The van der Waals surface area contributed by atoms with Crippen molar-refractivity contribution in [3.63, 3.8) is 0 Å². The lowest BCUT2D eigenvalue weighted by Crippen LogP contribution is -2.48. The molecule has 1 unspecified atom stereocenters. The van der Waals surface area contributed by atoms with Crippen LogP contribution in [0.5, 0.6) is 0 Å². The quantitative estimate of drug-likeness (QED) is 0.467. The van der Waals surface area contributed by atoms with Crippen molar-refractivity contribution in [1.29, 1.82) is 0 Å². The third kappa shape index (κ3) is 5.37. The fraction of sp³-hybridized carbons (Fsp3) is 0.318. The van der Waals surface area contributed by atoms with Gasteiger partial charge in [0.15, 0.2) is 5.41 Å². The Morgan fingerprint density at radius 3 is 2.47 bits per heavy atom. The van der Waals surface area contributed by atoms with E-state index in [0.29, 0.717) is 5.69 Å². The van der Waals surface area contributed by atoms with E-state index in [1.807, 2.05) is 0 Å². The van der Waals surface area contributed by atoms with Crippen LogP contribution < -0.4 is 5.32 Å². The van der Waals surface area contributed by atoms with Crippen LogP contribution in [0.15, 0.2) is 52.0 Å². The molecule has 12 heteroatoms. The van der Waals surface area contributed by atoms with E-state index in [-0.39, 0.29) is 31.0 Å². The number of ether oxygens (including phenoxy) is 2. The summed E-state index contributed by atoms with van der Waals surface area (Å²) in [4.78, 5) is 26.0. The highest BCUT2D eigenvalue weighted by Crippen LogP contribution is 2.38. The number of rotatable bonds is 6. The van der Waals surface area contributed by atoms with E-state index < -0.39 is 34.2 Å². The summed E-state index contributed by atoms with van der Waals surface area (Å²) in [5.74, 6) is -0.731. The van der Waals surface area contributed by atoms with Crippen LogP contribution in [-0.4, -0.2) is 49.6 Å². The predicted molar refractivity (Wildman–Crippen MR) is 124 cm³/mol. The molecule has 3 rings (SSSR count). The van der Waals surface area contributed by atoms with Gasteiger partial charge >= 0.3 is 18.2 Å². The molecule has 182 valence electrons. The number of esters is 1. The predicted octanol–water partition coefficient (Wildman–Crippen LogP) is 5.57. The summed E-state index contributed by atoms with van der Waals surface area (Å²) in [5.41, 5.74) is -2.00. The second-order valence-electron chi connectivity index (χ2n) is 7.37. The number of nitrogens with one attached hydrogen (secondary N) is 1. The Hall–Kier alpha value is -2.63. The van der Waals surface area contributed by atoms with Gasteiger partial charge in [0.1, 0.15) is 0 Å². The van der Waals surface area contributed by atoms with E-state index in [4.69, 9.17) is 21.1 Å². The number of hydrogen-bond acceptors (Lipinski definition) is 5. The first kappa shape index (κ1) is 26.0. The van der Waals surface area contributed by atoms with Crippen LogP contribution in [-0.2, 0) is 20.4 Å². The molecule has 7 nitrogen and oxygen atoms in total. The zero-order chi connectivity index (χ0) is 25.1. The summed E-state index contributed by atoms with van der Waals surface area (Å²) in [7, 11) is 1.35. The molecule has 0 saturated heterocycles. The van der Waals surface area contributed by atoms with E-state index in [1.165, 1.54) is 7.11 Å². The summed E-state index contributed by atoms with van der Waals surface area (Å²) in [6, 6.07) is 9.13. The van der Waals surface area contributed by atoms with E-state index in [1.54, 1.807) is 31.2 Å². The van der Waals surface area contributed by atoms with E-state index in [9.17, 15) is 22.8 Å². The number of hydrazone groups is 1. The zero-order valence-corrected chi connectivity index (χ0v) is 20.4. The second-order valence-corrected chi connectivity index (χ2v) is 8.69. The highest BCUT2D eigenvalue weighted by atomic mass is 79.9. The fourth-order valence-corrected chi connectivity index (χ4v) is 4.05. The van der Waals surface area contributed by atoms with Crippen LogP contribution in [0.25, 0.3) is 0 Å². The molecule has 1 aliphatic rings. The van der Waals surface area contributed by atoms with Crippen LogP contribution in [0.1, 0.15) is 18.1 Å². The van der Waals surface area contributed by atoms with Gasteiger partial charge in [-0.3, -0.25) is 4.79 Å². The third-order valence-electron chi connectivity index (χ3n) is 5.03. The number of nitrogens with zero attached hydrogens (tertiary/aromatic N) is 2. The molecule has 2 aromatic rings. The lowest BCUT2D eigenvalue weighted by molar-refractivity contribution is -0.153. The zero-order valence-electron chi connectivity index (χ0n) is 18.1. The van der Waals surface area contributed by atoms with Crippen molar-refractivity contribution in [2.45, 2.75) is 13.1 Å². The molecule has 0 fully saturated rings. The number of anilines is 1. The number of alkyl halides is 3. The highest BCUT2D eigenvalue weighted by molar-refractivity contribution is 9.10. The molecule has 2 aromatic carbocycles. The SMILES string of the molecule is CCOC(=O)C1(COC)CN(C(=O)Nc2ccc(Br)cc2)N=C1c1ccc(C(F)(F)F)c(Cl)c1. The Bertz CT molecular complexity index is 1110. The average molecular weight is 563 g/mol. The van der Waals surface area contributed by atoms with Gasteiger partial charge in [-0.05, 0) is 43.3 Å². The largest absolute Gasteiger partial charge is 0.465 e. The Kier molecular flexibility index (Phi) is 7.89. The van der Waals surface area contributed by atoms with Crippen LogP contribution in [0.3, 0.4) is 0 Å². The summed E-state index contributed by atoms with van der Waals surface area (Å²) < 4.78 is 50.9. The molecule has 1 atom stereocenters. The standard InChI is InChI=1S/C22H20BrClF3N3O4/c1-3-34-19(31)21(12-33-2)11-30(20(32)28-15-7-5-14(23)6-8-15)29-18(21)13-4-9-16(17(24)10-13)22(25,26)27/h4-10H,3,11-12H2,1-2H3,(H,28,32). The molecule has 34 heavy (non-hydrogen) atoms. The monoisotopic (exact) mass is 561 g/mol. The van der Waals surface area contributed by atoms with Crippen molar-refractivity contribution in [2.24, 2.45) is 10.5 Å². The van der Waals surface area contributed by atoms with Gasteiger partial charge in [0, 0.05) is 22.8 Å². The molecular weight excluding hydrogens is 543 g/mol. The Labute approximate surface area is 207 Å². The minimum Gasteiger partial charge on any atom is -0.465 e. The van der Waals surface area contributed by atoms with Crippen molar-refractivity contribution >= 4 is 50.9 Å². The first-order valence-electron chi connectivity index (χ1n) is 9.98. The molecule has 1 heterocycles. The van der Waals surface area contributed by atoms with Gasteiger partial charge in [-0.25, -0.2) is 9.80 Å². The summed E-state index contributed by atoms with van der Waals surface area (Å²) in [6.07, 6.45) is -4.66. The van der Waals surface area contributed by atoms with Gasteiger partial charge in [-0.1, -0.05) is 33.6 Å². The van der Waals surface area contributed by atoms with Crippen molar-refractivity contribution in [3.8, 4) is 0 Å². The molecule has 0 aliphatic carbocycles. The highest BCUT2D eigenvalue weighted by Gasteiger charge is 2.53. The number of benzene rings is 2. The molecule has 0 bridgehead atoms. The second kappa shape index (κ2) is 10.3. The topological polar surface area (TPSA) is 80.2 Å². The summed E-state index contributed by atoms with van der Waals surface area (Å²) in [5, 5.41) is 7.40. The maximum absolute atomic E-state index is 13.2. The number of urea groups is 1. The van der Waals surface area contributed by atoms with Crippen LogP contribution in [0, 0.1) is 5.41 Å². The smallest absolute Gasteiger partial charge is 0.417 e. The lowest BCUT2D eigenvalue weighted by Gasteiger charge is -2.28. The maximum Gasteiger partial charge on any atom is 0.417 e. The van der Waals surface area contributed by atoms with Gasteiger partial charge in [-0.2, -0.15) is 18.3 Å². The number of carbonyl (C=O) groups is 2. The summed E-state index contributed by atoms with van der Waals surface area (Å²) in [6.45, 7) is 1.16. The van der Waals surface area contributed by atoms with Crippen molar-refractivity contribution < 1.29 is 32.2 Å². The van der Waals surface area contributed by atoms with Crippen molar-refractivity contribution in [1.82, 2.24) is 5.01 Å². The molecule has 0 saturated carbocycles. The molecular formula is C22H20BrClF3N3O4. The van der Waals surface area contributed by atoms with Crippen molar-refractivity contribution in [2.75, 3.05) is 32.2 Å². The van der Waals surface area contributed by atoms with Crippen LogP contribution in [0.4, 0.5) is 23.7 Å². The van der Waals surface area contributed by atoms with Gasteiger partial charge in [-0.15, -0.1) is 0 Å². The maximum atomic E-state index is 13.2. The van der Waals surface area contributed by atoms with Gasteiger partial charge in [0.05, 0.1) is 36.1 Å². The average Bonchev–Trinajstić information content (AvgIpc) is 3.16. The minimum atomic E-state index is -4.66. The van der Waals surface area contributed by atoms with Gasteiger partial charge < -0.3 is 14.8 Å². The first-order valence-corrected chi connectivity index (χ1v) is 11.2. The summed E-state index contributed by atoms with van der Waals surface area (Å²) >= 11 is 9.21. The number of methoxy groups -OCH3 is 1. The number of halogens is 5.